The van der Waals surface area contributed by atoms with Gasteiger partial charge in [0, 0.05) is 5.56 Å². The Kier molecular flexibility index (Phi) is 2.77. The number of nitriles is 1. The first-order valence-corrected chi connectivity index (χ1v) is 6.07. The lowest BCUT2D eigenvalue weighted by atomic mass is 9.93. The SMILES string of the molecule is N#Cc1ccc(CC2C(=O)Oc3ccccc32)cc1. The number of fused-ring (bicyclic) bond motifs is 1. The number of hydrogen-bond acceptors (Lipinski definition) is 3. The zero-order valence-corrected chi connectivity index (χ0v) is 10.2. The molecule has 0 aliphatic carbocycles. The second kappa shape index (κ2) is 4.58. The Balaban J connectivity index is 1.87. The van der Waals surface area contributed by atoms with Crippen LogP contribution in [-0.4, -0.2) is 5.97 Å². The largest absolute Gasteiger partial charge is 0.426 e. The molecule has 0 saturated carbocycles. The molecule has 0 N–H and O–H groups in total. The lowest BCUT2D eigenvalue weighted by Crippen LogP contribution is -2.12. The van der Waals surface area contributed by atoms with E-state index in [1.165, 1.54) is 0 Å². The Bertz CT molecular complexity index is 668. The van der Waals surface area contributed by atoms with Gasteiger partial charge in [0.1, 0.15) is 5.75 Å². The molecule has 1 atom stereocenters. The van der Waals surface area contributed by atoms with E-state index in [9.17, 15) is 4.79 Å². The van der Waals surface area contributed by atoms with Crippen LogP contribution < -0.4 is 4.74 Å². The van der Waals surface area contributed by atoms with Crippen molar-refractivity contribution in [3.05, 3.63) is 65.2 Å². The van der Waals surface area contributed by atoms with E-state index in [-0.39, 0.29) is 11.9 Å². The quantitative estimate of drug-likeness (QED) is 0.607. The van der Waals surface area contributed by atoms with Crippen LogP contribution >= 0.6 is 0 Å². The number of esters is 1. The second-order valence-corrected chi connectivity index (χ2v) is 4.52. The molecule has 0 saturated heterocycles. The van der Waals surface area contributed by atoms with Crippen molar-refractivity contribution in [3.8, 4) is 11.8 Å². The molecule has 3 nitrogen and oxygen atoms in total. The average Bonchev–Trinajstić information content (AvgIpc) is 2.76. The summed E-state index contributed by atoms with van der Waals surface area (Å²) in [5.74, 6) is 0.209. The molecule has 0 bridgehead atoms. The molecule has 1 unspecified atom stereocenters. The zero-order chi connectivity index (χ0) is 13.2. The standard InChI is InChI=1S/C16H11NO2/c17-10-12-7-5-11(6-8-12)9-14-13-3-1-2-4-15(13)19-16(14)18/h1-8,14H,9H2. The molecule has 0 aromatic heterocycles. The van der Waals surface area contributed by atoms with Crippen LogP contribution in [0, 0.1) is 11.3 Å². The molecule has 2 aromatic rings. The molecule has 3 heteroatoms. The first-order chi connectivity index (χ1) is 9.28. The van der Waals surface area contributed by atoms with Gasteiger partial charge in [-0.1, -0.05) is 30.3 Å². The third-order valence-electron chi connectivity index (χ3n) is 3.31. The maximum Gasteiger partial charge on any atom is 0.319 e. The van der Waals surface area contributed by atoms with Gasteiger partial charge in [-0.3, -0.25) is 4.79 Å². The Hall–Kier alpha value is -2.60. The van der Waals surface area contributed by atoms with E-state index in [4.69, 9.17) is 10.00 Å². The van der Waals surface area contributed by atoms with E-state index < -0.39 is 0 Å². The Morgan fingerprint density at radius 2 is 1.84 bits per heavy atom. The third kappa shape index (κ3) is 2.09. The first-order valence-electron chi connectivity index (χ1n) is 6.07. The highest BCUT2D eigenvalue weighted by molar-refractivity contribution is 5.86. The molecule has 0 spiro atoms. The van der Waals surface area contributed by atoms with Crippen molar-refractivity contribution in [2.75, 3.05) is 0 Å². The molecule has 2 aromatic carbocycles. The number of para-hydroxylation sites is 1. The van der Waals surface area contributed by atoms with Crippen LogP contribution in [0.25, 0.3) is 0 Å². The van der Waals surface area contributed by atoms with Crippen molar-refractivity contribution >= 4 is 5.97 Å². The van der Waals surface area contributed by atoms with Crippen molar-refractivity contribution in [2.24, 2.45) is 0 Å². The van der Waals surface area contributed by atoms with Crippen molar-refractivity contribution in [1.82, 2.24) is 0 Å². The van der Waals surface area contributed by atoms with Crippen LogP contribution in [0.5, 0.6) is 5.75 Å². The van der Waals surface area contributed by atoms with Crippen molar-refractivity contribution in [3.63, 3.8) is 0 Å². The van der Waals surface area contributed by atoms with Crippen LogP contribution in [0.2, 0.25) is 0 Å². The predicted molar refractivity (Wildman–Crippen MR) is 69.7 cm³/mol. The third-order valence-corrected chi connectivity index (χ3v) is 3.31. The lowest BCUT2D eigenvalue weighted by molar-refractivity contribution is -0.134. The summed E-state index contributed by atoms with van der Waals surface area (Å²) in [6.45, 7) is 0. The Morgan fingerprint density at radius 1 is 1.11 bits per heavy atom. The molecule has 92 valence electrons. The number of benzene rings is 2. The fourth-order valence-electron chi connectivity index (χ4n) is 2.31. The van der Waals surface area contributed by atoms with Gasteiger partial charge in [-0.15, -0.1) is 0 Å². The van der Waals surface area contributed by atoms with Gasteiger partial charge in [-0.2, -0.15) is 5.26 Å². The van der Waals surface area contributed by atoms with Gasteiger partial charge in [0.15, 0.2) is 0 Å². The number of carbonyl (C=O) groups is 1. The summed E-state index contributed by atoms with van der Waals surface area (Å²) in [4.78, 5) is 11.9. The number of carbonyl (C=O) groups excluding carboxylic acids is 1. The van der Waals surface area contributed by atoms with Crippen LogP contribution in [0.3, 0.4) is 0 Å². The Morgan fingerprint density at radius 3 is 2.58 bits per heavy atom. The smallest absolute Gasteiger partial charge is 0.319 e. The fraction of sp³-hybridized carbons (Fsp3) is 0.125. The van der Waals surface area contributed by atoms with E-state index in [0.717, 1.165) is 11.1 Å². The summed E-state index contributed by atoms with van der Waals surface area (Å²) in [7, 11) is 0. The lowest BCUT2D eigenvalue weighted by Gasteiger charge is -2.07. The number of rotatable bonds is 2. The van der Waals surface area contributed by atoms with Gasteiger partial charge >= 0.3 is 5.97 Å². The molecule has 0 radical (unpaired) electrons. The summed E-state index contributed by atoms with van der Waals surface area (Å²) in [6.07, 6.45) is 0.599. The predicted octanol–water partition coefficient (Wildman–Crippen LogP) is 2.80. The average molecular weight is 249 g/mol. The minimum Gasteiger partial charge on any atom is -0.426 e. The van der Waals surface area contributed by atoms with Crippen molar-refractivity contribution in [1.29, 1.82) is 5.26 Å². The van der Waals surface area contributed by atoms with Gasteiger partial charge in [0.05, 0.1) is 17.6 Å². The monoisotopic (exact) mass is 249 g/mol. The molecule has 1 heterocycles. The maximum atomic E-state index is 11.9. The van der Waals surface area contributed by atoms with Crippen LogP contribution in [0.1, 0.15) is 22.6 Å². The summed E-state index contributed by atoms with van der Waals surface area (Å²) >= 11 is 0. The number of hydrogen-bond donors (Lipinski definition) is 0. The van der Waals surface area contributed by atoms with Crippen molar-refractivity contribution in [2.45, 2.75) is 12.3 Å². The highest BCUT2D eigenvalue weighted by Gasteiger charge is 2.32. The van der Waals surface area contributed by atoms with E-state index >= 15 is 0 Å². The van der Waals surface area contributed by atoms with Crippen LogP contribution in [-0.2, 0) is 11.2 Å². The zero-order valence-electron chi connectivity index (χ0n) is 10.2. The van der Waals surface area contributed by atoms with Gasteiger partial charge in [-0.05, 0) is 30.2 Å². The molecule has 1 aliphatic rings. The summed E-state index contributed by atoms with van der Waals surface area (Å²) in [5, 5.41) is 8.76. The molecule has 3 rings (SSSR count). The summed E-state index contributed by atoms with van der Waals surface area (Å²) in [6, 6.07) is 16.9. The highest BCUT2D eigenvalue weighted by atomic mass is 16.5. The van der Waals surface area contributed by atoms with E-state index in [2.05, 4.69) is 6.07 Å². The maximum absolute atomic E-state index is 11.9. The number of nitrogens with zero attached hydrogens (tertiary/aromatic N) is 1. The van der Waals surface area contributed by atoms with Gasteiger partial charge in [-0.25, -0.2) is 0 Å². The normalized spacial score (nSPS) is 16.6. The molecule has 19 heavy (non-hydrogen) atoms. The molecular weight excluding hydrogens is 238 g/mol. The molecular formula is C16H11NO2. The van der Waals surface area contributed by atoms with Gasteiger partial charge in [0.25, 0.3) is 0 Å². The fourth-order valence-corrected chi connectivity index (χ4v) is 2.31. The second-order valence-electron chi connectivity index (χ2n) is 4.52. The van der Waals surface area contributed by atoms with Gasteiger partial charge in [0.2, 0.25) is 0 Å². The highest BCUT2D eigenvalue weighted by Crippen LogP contribution is 2.36. The summed E-state index contributed by atoms with van der Waals surface area (Å²) in [5.41, 5.74) is 2.59. The minimum absolute atomic E-state index is 0.203. The summed E-state index contributed by atoms with van der Waals surface area (Å²) < 4.78 is 5.25. The van der Waals surface area contributed by atoms with Gasteiger partial charge < -0.3 is 4.74 Å². The van der Waals surface area contributed by atoms with Crippen LogP contribution in [0.15, 0.2) is 48.5 Å². The molecule has 0 amide bonds. The number of ether oxygens (including phenoxy) is 1. The van der Waals surface area contributed by atoms with E-state index in [1.54, 1.807) is 12.1 Å². The van der Waals surface area contributed by atoms with E-state index in [1.807, 2.05) is 36.4 Å². The minimum atomic E-state index is -0.246. The molecule has 1 aliphatic heterocycles. The first kappa shape index (κ1) is 11.5. The van der Waals surface area contributed by atoms with Crippen LogP contribution in [0.4, 0.5) is 0 Å². The Labute approximate surface area is 111 Å². The van der Waals surface area contributed by atoms with Crippen molar-refractivity contribution < 1.29 is 9.53 Å². The topological polar surface area (TPSA) is 50.1 Å². The van der Waals surface area contributed by atoms with E-state index in [0.29, 0.717) is 17.7 Å². The molecule has 0 fully saturated rings.